The fourth-order valence-corrected chi connectivity index (χ4v) is 2.48. The molecule has 1 heterocycles. The minimum Gasteiger partial charge on any atom is -0.464 e. The van der Waals surface area contributed by atoms with Crippen molar-refractivity contribution in [3.8, 4) is 6.07 Å². The molecule has 0 saturated heterocycles. The molecule has 0 bridgehead atoms. The van der Waals surface area contributed by atoms with Crippen LogP contribution in [0.1, 0.15) is 36.3 Å². The van der Waals surface area contributed by atoms with Crippen LogP contribution in [-0.2, 0) is 6.54 Å². The second-order valence-electron chi connectivity index (χ2n) is 5.28. The third-order valence-electron chi connectivity index (χ3n) is 3.71. The summed E-state index contributed by atoms with van der Waals surface area (Å²) in [4.78, 5) is 0. The summed E-state index contributed by atoms with van der Waals surface area (Å²) in [6.07, 6.45) is 1.23. The van der Waals surface area contributed by atoms with Gasteiger partial charge in [-0.15, -0.1) is 0 Å². The Morgan fingerprint density at radius 2 is 2.20 bits per heavy atom. The molecule has 1 aliphatic carbocycles. The number of rotatable bonds is 4. The van der Waals surface area contributed by atoms with Crippen LogP contribution in [-0.4, -0.2) is 0 Å². The normalized spacial score (nSPS) is 20.4. The molecule has 20 heavy (non-hydrogen) atoms. The Labute approximate surface area is 123 Å². The van der Waals surface area contributed by atoms with Gasteiger partial charge in [0.1, 0.15) is 17.6 Å². The van der Waals surface area contributed by atoms with Crippen molar-refractivity contribution in [2.75, 3.05) is 5.32 Å². The van der Waals surface area contributed by atoms with Crippen molar-refractivity contribution in [1.29, 1.82) is 5.26 Å². The van der Waals surface area contributed by atoms with Crippen molar-refractivity contribution in [3.05, 3.63) is 52.4 Å². The lowest BCUT2D eigenvalue weighted by Gasteiger charge is -2.05. The summed E-state index contributed by atoms with van der Waals surface area (Å²) in [6.45, 7) is 2.84. The molecule has 1 N–H and O–H groups in total. The van der Waals surface area contributed by atoms with Gasteiger partial charge in [0.15, 0.2) is 0 Å². The lowest BCUT2D eigenvalue weighted by molar-refractivity contribution is 0.468. The third kappa shape index (κ3) is 2.66. The van der Waals surface area contributed by atoms with Gasteiger partial charge in [0.25, 0.3) is 0 Å². The maximum Gasteiger partial charge on any atom is 0.123 e. The molecule has 2 aromatic rings. The Balaban J connectivity index is 1.64. The van der Waals surface area contributed by atoms with Crippen LogP contribution in [0.25, 0.3) is 0 Å². The molecule has 1 aliphatic rings. The standard InChI is InChI=1S/C16H15ClN2O/c1-10-6-14(10)16-5-3-13(20-16)9-19-12-2-4-15(17)11(7-12)8-18/h2-5,7,10,14,19H,6,9H2,1H3. The second kappa shape index (κ2) is 5.22. The van der Waals surface area contributed by atoms with E-state index in [1.807, 2.05) is 12.1 Å². The predicted octanol–water partition coefficient (Wildman–Crippen LogP) is 4.54. The zero-order valence-electron chi connectivity index (χ0n) is 11.2. The Morgan fingerprint density at radius 1 is 1.40 bits per heavy atom. The molecule has 0 radical (unpaired) electrons. The molecule has 1 fully saturated rings. The van der Waals surface area contributed by atoms with Crippen molar-refractivity contribution < 1.29 is 4.42 Å². The van der Waals surface area contributed by atoms with E-state index in [9.17, 15) is 0 Å². The van der Waals surface area contributed by atoms with Gasteiger partial charge in [0, 0.05) is 11.6 Å². The van der Waals surface area contributed by atoms with E-state index in [0.717, 1.165) is 23.1 Å². The van der Waals surface area contributed by atoms with Gasteiger partial charge in [-0.3, -0.25) is 0 Å². The summed E-state index contributed by atoms with van der Waals surface area (Å²) < 4.78 is 5.83. The topological polar surface area (TPSA) is 49.0 Å². The van der Waals surface area contributed by atoms with Crippen LogP contribution in [0.15, 0.2) is 34.7 Å². The summed E-state index contributed by atoms with van der Waals surface area (Å²) in [5.41, 5.74) is 1.34. The lowest BCUT2D eigenvalue weighted by Crippen LogP contribution is -1.98. The minimum absolute atomic E-state index is 0.473. The Hall–Kier alpha value is -1.92. The van der Waals surface area contributed by atoms with Crippen LogP contribution in [0.2, 0.25) is 5.02 Å². The maximum absolute atomic E-state index is 8.94. The number of furan rings is 1. The SMILES string of the molecule is CC1CC1c1ccc(CNc2ccc(Cl)c(C#N)c2)o1. The number of nitrogens with zero attached hydrogens (tertiary/aromatic N) is 1. The molecule has 0 spiro atoms. The third-order valence-corrected chi connectivity index (χ3v) is 4.04. The molecule has 3 rings (SSSR count). The first-order chi connectivity index (χ1) is 9.67. The zero-order chi connectivity index (χ0) is 14.1. The first-order valence-electron chi connectivity index (χ1n) is 6.69. The van der Waals surface area contributed by atoms with Gasteiger partial charge in [0.2, 0.25) is 0 Å². The van der Waals surface area contributed by atoms with E-state index in [1.165, 1.54) is 6.42 Å². The van der Waals surface area contributed by atoms with Crippen LogP contribution in [0.4, 0.5) is 5.69 Å². The first-order valence-corrected chi connectivity index (χ1v) is 7.07. The lowest BCUT2D eigenvalue weighted by atomic mass is 10.2. The van der Waals surface area contributed by atoms with E-state index < -0.39 is 0 Å². The largest absolute Gasteiger partial charge is 0.464 e. The van der Waals surface area contributed by atoms with Gasteiger partial charge in [0.05, 0.1) is 17.1 Å². The molecule has 2 atom stereocenters. The van der Waals surface area contributed by atoms with E-state index in [-0.39, 0.29) is 0 Å². The maximum atomic E-state index is 8.94. The van der Waals surface area contributed by atoms with Gasteiger partial charge >= 0.3 is 0 Å². The molecule has 1 saturated carbocycles. The molecule has 1 aromatic carbocycles. The molecule has 1 aromatic heterocycles. The summed E-state index contributed by atoms with van der Waals surface area (Å²) in [5, 5.41) is 12.7. The number of hydrogen-bond donors (Lipinski definition) is 1. The Kier molecular flexibility index (Phi) is 3.42. The van der Waals surface area contributed by atoms with Gasteiger partial charge in [-0.2, -0.15) is 5.26 Å². The van der Waals surface area contributed by atoms with Gasteiger partial charge in [-0.05, 0) is 42.7 Å². The van der Waals surface area contributed by atoms with Gasteiger partial charge in [-0.1, -0.05) is 18.5 Å². The number of halogens is 1. The fourth-order valence-electron chi connectivity index (χ4n) is 2.32. The summed E-state index contributed by atoms with van der Waals surface area (Å²) >= 11 is 5.90. The minimum atomic E-state index is 0.473. The average Bonchev–Trinajstić information content (AvgIpc) is 3.00. The summed E-state index contributed by atoms with van der Waals surface area (Å²) in [6, 6.07) is 11.5. The van der Waals surface area contributed by atoms with Crippen LogP contribution in [0.5, 0.6) is 0 Å². The quantitative estimate of drug-likeness (QED) is 0.897. The number of hydrogen-bond acceptors (Lipinski definition) is 3. The van der Waals surface area contributed by atoms with Crippen LogP contribution in [0, 0.1) is 17.2 Å². The van der Waals surface area contributed by atoms with Crippen molar-refractivity contribution in [2.45, 2.75) is 25.8 Å². The van der Waals surface area contributed by atoms with E-state index in [4.69, 9.17) is 21.3 Å². The molecule has 102 valence electrons. The van der Waals surface area contributed by atoms with Gasteiger partial charge < -0.3 is 9.73 Å². The van der Waals surface area contributed by atoms with E-state index in [0.29, 0.717) is 23.0 Å². The molecule has 3 nitrogen and oxygen atoms in total. The van der Waals surface area contributed by atoms with E-state index in [2.05, 4.69) is 24.4 Å². The van der Waals surface area contributed by atoms with E-state index in [1.54, 1.807) is 12.1 Å². The highest BCUT2D eigenvalue weighted by molar-refractivity contribution is 6.31. The Bertz CT molecular complexity index is 671. The molecular formula is C16H15ClN2O. The molecule has 0 amide bonds. The number of benzene rings is 1. The second-order valence-corrected chi connectivity index (χ2v) is 5.69. The number of anilines is 1. The fraction of sp³-hybridized carbons (Fsp3) is 0.312. The molecule has 2 unspecified atom stereocenters. The highest BCUT2D eigenvalue weighted by Gasteiger charge is 2.36. The van der Waals surface area contributed by atoms with Crippen LogP contribution >= 0.6 is 11.6 Å². The first kappa shape index (κ1) is 13.1. The molecular weight excluding hydrogens is 272 g/mol. The van der Waals surface area contributed by atoms with E-state index >= 15 is 0 Å². The molecule has 0 aliphatic heterocycles. The van der Waals surface area contributed by atoms with Crippen molar-refractivity contribution >= 4 is 17.3 Å². The van der Waals surface area contributed by atoms with Crippen molar-refractivity contribution in [1.82, 2.24) is 0 Å². The van der Waals surface area contributed by atoms with Crippen molar-refractivity contribution in [2.24, 2.45) is 5.92 Å². The Morgan fingerprint density at radius 3 is 2.90 bits per heavy atom. The summed E-state index contributed by atoms with van der Waals surface area (Å²) in [5.74, 6) is 3.34. The summed E-state index contributed by atoms with van der Waals surface area (Å²) in [7, 11) is 0. The smallest absolute Gasteiger partial charge is 0.123 e. The van der Waals surface area contributed by atoms with Crippen LogP contribution < -0.4 is 5.32 Å². The average molecular weight is 287 g/mol. The van der Waals surface area contributed by atoms with Crippen LogP contribution in [0.3, 0.4) is 0 Å². The van der Waals surface area contributed by atoms with Gasteiger partial charge in [-0.25, -0.2) is 0 Å². The number of nitrogens with one attached hydrogen (secondary N) is 1. The monoisotopic (exact) mass is 286 g/mol. The van der Waals surface area contributed by atoms with Crippen molar-refractivity contribution in [3.63, 3.8) is 0 Å². The highest BCUT2D eigenvalue weighted by atomic mass is 35.5. The molecule has 4 heteroatoms. The number of nitriles is 1. The predicted molar refractivity (Wildman–Crippen MR) is 78.7 cm³/mol. The highest BCUT2D eigenvalue weighted by Crippen LogP contribution is 2.47. The zero-order valence-corrected chi connectivity index (χ0v) is 11.9.